The number of nitrogens with one attached hydrogen (secondary N) is 2. The molecule has 2 atom stereocenters. The van der Waals surface area contributed by atoms with Crippen LogP contribution in [0.5, 0.6) is 5.75 Å². The number of nitrogens with zero attached hydrogens (tertiary/aromatic N) is 1. The number of carbonyl (C=O) groups excluding carboxylic acids is 2. The van der Waals surface area contributed by atoms with Gasteiger partial charge in [0.2, 0.25) is 0 Å². The summed E-state index contributed by atoms with van der Waals surface area (Å²) in [6.45, 7) is 4.37. The predicted molar refractivity (Wildman–Crippen MR) is 135 cm³/mol. The van der Waals surface area contributed by atoms with Gasteiger partial charge in [0.25, 0.3) is 11.8 Å². The van der Waals surface area contributed by atoms with Crippen LogP contribution in [-0.4, -0.2) is 28.9 Å². The van der Waals surface area contributed by atoms with Crippen LogP contribution in [0.25, 0.3) is 0 Å². The summed E-state index contributed by atoms with van der Waals surface area (Å²) in [5.41, 5.74) is 3.20. The van der Waals surface area contributed by atoms with Gasteiger partial charge in [-0.05, 0) is 74.2 Å². The molecule has 2 aromatic carbocycles. The number of aromatic nitrogens is 1. The zero-order valence-corrected chi connectivity index (χ0v) is 20.8. The summed E-state index contributed by atoms with van der Waals surface area (Å²) in [5.74, 6) is 0.397. The molecule has 6 nitrogen and oxygen atoms in total. The van der Waals surface area contributed by atoms with Crippen LogP contribution in [0.2, 0.25) is 5.02 Å². The number of carbonyl (C=O) groups is 2. The molecule has 8 heteroatoms. The van der Waals surface area contributed by atoms with Crippen molar-refractivity contribution in [1.82, 2.24) is 15.6 Å². The molecule has 1 aliphatic rings. The molecule has 0 radical (unpaired) electrons. The Morgan fingerprint density at radius 1 is 1.00 bits per heavy atom. The first kappa shape index (κ1) is 24.2. The van der Waals surface area contributed by atoms with E-state index in [0.29, 0.717) is 22.9 Å². The zero-order valence-electron chi connectivity index (χ0n) is 19.3. The molecule has 178 valence electrons. The number of halogens is 1. The lowest BCUT2D eigenvalue weighted by Crippen LogP contribution is -2.53. The molecule has 0 spiro atoms. The van der Waals surface area contributed by atoms with Gasteiger partial charge in [0, 0.05) is 28.0 Å². The lowest BCUT2D eigenvalue weighted by Gasteiger charge is -2.32. The molecule has 0 bridgehead atoms. The Morgan fingerprint density at radius 3 is 2.26 bits per heavy atom. The molecule has 2 unspecified atom stereocenters. The fraction of sp³-hybridized carbons (Fsp3) is 0.346. The van der Waals surface area contributed by atoms with E-state index in [4.69, 9.17) is 16.3 Å². The maximum atomic E-state index is 12.9. The molecule has 1 heterocycles. The molecule has 2 amide bonds. The van der Waals surface area contributed by atoms with Crippen LogP contribution in [0.1, 0.15) is 62.7 Å². The third-order valence-electron chi connectivity index (χ3n) is 5.85. The first-order valence-corrected chi connectivity index (χ1v) is 12.7. The second-order valence-electron chi connectivity index (χ2n) is 8.69. The summed E-state index contributed by atoms with van der Waals surface area (Å²) in [7, 11) is 0. The van der Waals surface area contributed by atoms with Crippen molar-refractivity contribution in [1.29, 1.82) is 0 Å². The van der Waals surface area contributed by atoms with Crippen molar-refractivity contribution in [2.24, 2.45) is 0 Å². The van der Waals surface area contributed by atoms with Gasteiger partial charge >= 0.3 is 0 Å². The monoisotopic (exact) mass is 497 g/mol. The van der Waals surface area contributed by atoms with Gasteiger partial charge in [-0.15, -0.1) is 11.3 Å². The van der Waals surface area contributed by atoms with Crippen molar-refractivity contribution in [2.75, 3.05) is 0 Å². The van der Waals surface area contributed by atoms with Crippen molar-refractivity contribution in [3.05, 3.63) is 80.3 Å². The average Bonchev–Trinajstić information content (AvgIpc) is 3.28. The molecule has 0 saturated heterocycles. The number of ether oxygens (including phenoxy) is 1. The largest absolute Gasteiger partial charge is 0.486 e. The standard InChI is InChI=1S/C26H28ClN3O3S/c1-16-11-17(2)13-20(12-16)33-14-24-28-23(15-34-24)26(32)30-22-6-4-3-5-21(22)29-25(31)18-7-9-19(27)10-8-18/h7-13,15,21-22H,3-6,14H2,1-2H3,(H,29,31)(H,30,32). The molecule has 3 aromatic rings. The Bertz CT molecular complexity index is 1140. The number of rotatable bonds is 7. The van der Waals surface area contributed by atoms with E-state index in [2.05, 4.69) is 21.7 Å². The maximum Gasteiger partial charge on any atom is 0.271 e. The van der Waals surface area contributed by atoms with Crippen LogP contribution in [-0.2, 0) is 6.61 Å². The number of aryl methyl sites for hydroxylation is 2. The maximum absolute atomic E-state index is 12.9. The minimum Gasteiger partial charge on any atom is -0.486 e. The highest BCUT2D eigenvalue weighted by Crippen LogP contribution is 2.22. The van der Waals surface area contributed by atoms with Crippen molar-refractivity contribution in [3.63, 3.8) is 0 Å². The summed E-state index contributed by atoms with van der Waals surface area (Å²) in [4.78, 5) is 30.0. The number of amides is 2. The lowest BCUT2D eigenvalue weighted by molar-refractivity contribution is 0.0860. The van der Waals surface area contributed by atoms with Crippen molar-refractivity contribution >= 4 is 34.8 Å². The fourth-order valence-corrected chi connectivity index (χ4v) is 5.03. The number of thiazole rings is 1. The molecule has 4 rings (SSSR count). The molecule has 1 aliphatic carbocycles. The summed E-state index contributed by atoms with van der Waals surface area (Å²) in [5, 5.41) is 9.23. The van der Waals surface area contributed by atoms with Gasteiger partial charge in [-0.3, -0.25) is 9.59 Å². The number of hydrogen-bond acceptors (Lipinski definition) is 5. The SMILES string of the molecule is Cc1cc(C)cc(OCc2nc(C(=O)NC3CCCCC3NC(=O)c3ccc(Cl)cc3)cs2)c1. The van der Waals surface area contributed by atoms with Crippen LogP contribution in [0.15, 0.2) is 47.8 Å². The van der Waals surface area contributed by atoms with Gasteiger partial charge in [-0.1, -0.05) is 30.5 Å². The van der Waals surface area contributed by atoms with Crippen LogP contribution >= 0.6 is 22.9 Å². The van der Waals surface area contributed by atoms with Crippen LogP contribution in [0.4, 0.5) is 0 Å². The van der Waals surface area contributed by atoms with E-state index in [9.17, 15) is 9.59 Å². The van der Waals surface area contributed by atoms with Gasteiger partial charge < -0.3 is 15.4 Å². The molecular weight excluding hydrogens is 470 g/mol. The molecule has 1 fully saturated rings. The fourth-order valence-electron chi connectivity index (χ4n) is 4.21. The third-order valence-corrected chi connectivity index (χ3v) is 6.92. The molecule has 1 aromatic heterocycles. The Hall–Kier alpha value is -2.90. The van der Waals surface area contributed by atoms with Crippen LogP contribution in [0.3, 0.4) is 0 Å². The lowest BCUT2D eigenvalue weighted by atomic mass is 9.90. The van der Waals surface area contributed by atoms with E-state index >= 15 is 0 Å². The first-order chi connectivity index (χ1) is 16.4. The van der Waals surface area contributed by atoms with E-state index in [0.717, 1.165) is 47.6 Å². The van der Waals surface area contributed by atoms with E-state index < -0.39 is 0 Å². The summed E-state index contributed by atoms with van der Waals surface area (Å²) < 4.78 is 5.87. The van der Waals surface area contributed by atoms with Crippen molar-refractivity contribution in [2.45, 2.75) is 58.2 Å². The third kappa shape index (κ3) is 6.36. The summed E-state index contributed by atoms with van der Waals surface area (Å²) >= 11 is 7.32. The number of hydrogen-bond donors (Lipinski definition) is 2. The van der Waals surface area contributed by atoms with E-state index in [1.165, 1.54) is 11.3 Å². The molecular formula is C26H28ClN3O3S. The summed E-state index contributed by atoms with van der Waals surface area (Å²) in [6.07, 6.45) is 3.64. The smallest absolute Gasteiger partial charge is 0.271 e. The van der Waals surface area contributed by atoms with Gasteiger partial charge in [0.15, 0.2) is 0 Å². The highest BCUT2D eigenvalue weighted by molar-refractivity contribution is 7.09. The number of benzene rings is 2. The minimum atomic E-state index is -0.230. The predicted octanol–water partition coefficient (Wildman–Crippen LogP) is 5.46. The van der Waals surface area contributed by atoms with E-state index in [-0.39, 0.29) is 23.9 Å². The minimum absolute atomic E-state index is 0.133. The summed E-state index contributed by atoms with van der Waals surface area (Å²) in [6, 6.07) is 12.6. The Morgan fingerprint density at radius 2 is 1.62 bits per heavy atom. The van der Waals surface area contributed by atoms with Crippen molar-refractivity contribution < 1.29 is 14.3 Å². The van der Waals surface area contributed by atoms with Gasteiger partial charge in [-0.25, -0.2) is 4.98 Å². The Balaban J connectivity index is 1.34. The molecule has 1 saturated carbocycles. The Kier molecular flexibility index (Phi) is 7.85. The highest BCUT2D eigenvalue weighted by Gasteiger charge is 2.29. The zero-order chi connectivity index (χ0) is 24.1. The molecule has 0 aliphatic heterocycles. The van der Waals surface area contributed by atoms with Gasteiger partial charge in [-0.2, -0.15) is 0 Å². The molecule has 2 N–H and O–H groups in total. The Labute approximate surface area is 208 Å². The van der Waals surface area contributed by atoms with Crippen LogP contribution in [0, 0.1) is 13.8 Å². The second-order valence-corrected chi connectivity index (χ2v) is 10.1. The van der Waals surface area contributed by atoms with E-state index in [1.807, 2.05) is 26.0 Å². The normalized spacial score (nSPS) is 17.7. The van der Waals surface area contributed by atoms with E-state index in [1.54, 1.807) is 29.6 Å². The van der Waals surface area contributed by atoms with Crippen LogP contribution < -0.4 is 15.4 Å². The molecule has 34 heavy (non-hydrogen) atoms. The second kappa shape index (κ2) is 11.0. The van der Waals surface area contributed by atoms with Gasteiger partial charge in [0.1, 0.15) is 23.1 Å². The van der Waals surface area contributed by atoms with Gasteiger partial charge in [0.05, 0.1) is 0 Å². The van der Waals surface area contributed by atoms with Crippen molar-refractivity contribution in [3.8, 4) is 5.75 Å². The topological polar surface area (TPSA) is 80.3 Å². The highest BCUT2D eigenvalue weighted by atomic mass is 35.5. The quantitative estimate of drug-likeness (QED) is 0.454. The first-order valence-electron chi connectivity index (χ1n) is 11.4. The average molecular weight is 498 g/mol.